The first-order valence-corrected chi connectivity index (χ1v) is 12.3. The average Bonchev–Trinajstić information content (AvgIpc) is 2.85. The number of nitrogens with two attached hydrogens (primary N) is 1. The number of nitrogens with one attached hydrogen (secondary N) is 1. The van der Waals surface area contributed by atoms with E-state index in [0.29, 0.717) is 69.4 Å². The maximum atomic E-state index is 13.9. The van der Waals surface area contributed by atoms with Crippen molar-refractivity contribution in [1.29, 1.82) is 0 Å². The molecule has 0 spiro atoms. The highest BCUT2D eigenvalue weighted by Gasteiger charge is 2.28. The smallest absolute Gasteiger partial charge is 0.256 e. The Bertz CT molecular complexity index is 1130. The van der Waals surface area contributed by atoms with Gasteiger partial charge in [0.1, 0.15) is 5.82 Å². The number of sulfonamides is 1. The molecule has 2 aliphatic rings. The van der Waals surface area contributed by atoms with E-state index < -0.39 is 15.8 Å². The van der Waals surface area contributed by atoms with Crippen molar-refractivity contribution in [2.24, 2.45) is 0 Å². The molecule has 2 aromatic rings. The van der Waals surface area contributed by atoms with Gasteiger partial charge in [-0.05, 0) is 43.4 Å². The molecule has 0 unspecified atom stereocenters. The SMILES string of the molecule is CNS(=O)(=O)c1ccc(N2CCOCC2)c(C(=O)N2CCN(c3ccc(N)c(F)c3)CC2)c1. The number of carbonyl (C=O) groups excluding carboxylic acids is 1. The third kappa shape index (κ3) is 4.90. The summed E-state index contributed by atoms with van der Waals surface area (Å²) in [5.74, 6) is -0.698. The number of amides is 1. The number of rotatable bonds is 5. The molecule has 11 heteroatoms. The number of morpholine rings is 1. The van der Waals surface area contributed by atoms with Gasteiger partial charge < -0.3 is 25.2 Å². The van der Waals surface area contributed by atoms with Gasteiger partial charge in [-0.1, -0.05) is 0 Å². The van der Waals surface area contributed by atoms with Gasteiger partial charge in [0.15, 0.2) is 0 Å². The molecule has 2 saturated heterocycles. The zero-order valence-corrected chi connectivity index (χ0v) is 19.3. The third-order valence-electron chi connectivity index (χ3n) is 6.05. The number of hydrogen-bond donors (Lipinski definition) is 2. The first-order chi connectivity index (χ1) is 15.8. The van der Waals surface area contributed by atoms with Crippen LogP contribution >= 0.6 is 0 Å². The summed E-state index contributed by atoms with van der Waals surface area (Å²) in [7, 11) is -2.36. The largest absolute Gasteiger partial charge is 0.396 e. The van der Waals surface area contributed by atoms with Crippen LogP contribution in [-0.4, -0.2) is 78.8 Å². The molecule has 3 N–H and O–H groups in total. The highest BCUT2D eigenvalue weighted by Crippen LogP contribution is 2.28. The molecule has 178 valence electrons. The number of ether oxygens (including phenoxy) is 1. The summed E-state index contributed by atoms with van der Waals surface area (Å²) < 4.78 is 46.3. The van der Waals surface area contributed by atoms with Crippen LogP contribution in [0.2, 0.25) is 0 Å². The Kier molecular flexibility index (Phi) is 6.73. The molecule has 9 nitrogen and oxygen atoms in total. The van der Waals surface area contributed by atoms with Crippen LogP contribution in [0.3, 0.4) is 0 Å². The molecule has 2 heterocycles. The summed E-state index contributed by atoms with van der Waals surface area (Å²) in [6.45, 7) is 4.23. The van der Waals surface area contributed by atoms with E-state index in [4.69, 9.17) is 10.5 Å². The molecule has 0 aromatic heterocycles. The summed E-state index contributed by atoms with van der Waals surface area (Å²) in [6.07, 6.45) is 0. The third-order valence-corrected chi connectivity index (χ3v) is 7.46. The van der Waals surface area contributed by atoms with E-state index in [1.165, 1.54) is 31.3 Å². The number of hydrogen-bond acceptors (Lipinski definition) is 7. The van der Waals surface area contributed by atoms with Crippen molar-refractivity contribution in [2.75, 3.05) is 75.1 Å². The van der Waals surface area contributed by atoms with Crippen molar-refractivity contribution >= 4 is 33.0 Å². The number of nitrogen functional groups attached to an aromatic ring is 1. The van der Waals surface area contributed by atoms with Gasteiger partial charge in [-0.3, -0.25) is 4.79 Å². The number of piperazine rings is 1. The van der Waals surface area contributed by atoms with E-state index in [1.807, 2.05) is 9.80 Å². The Hall–Kier alpha value is -2.89. The average molecular weight is 478 g/mol. The number of carbonyl (C=O) groups is 1. The predicted octanol–water partition coefficient (Wildman–Crippen LogP) is 1.11. The fourth-order valence-electron chi connectivity index (χ4n) is 4.10. The van der Waals surface area contributed by atoms with Gasteiger partial charge in [-0.2, -0.15) is 0 Å². The van der Waals surface area contributed by atoms with Gasteiger partial charge in [-0.15, -0.1) is 0 Å². The second-order valence-electron chi connectivity index (χ2n) is 7.97. The minimum absolute atomic E-state index is 0.0429. The summed E-state index contributed by atoms with van der Waals surface area (Å²) >= 11 is 0. The van der Waals surface area contributed by atoms with Crippen molar-refractivity contribution in [3.63, 3.8) is 0 Å². The molecular weight excluding hydrogens is 449 g/mol. The molecular formula is C22H28FN5O4S. The van der Waals surface area contributed by atoms with Crippen molar-refractivity contribution in [3.05, 3.63) is 47.8 Å². The van der Waals surface area contributed by atoms with Crippen LogP contribution < -0.4 is 20.3 Å². The number of halogens is 1. The molecule has 0 radical (unpaired) electrons. The van der Waals surface area contributed by atoms with Crippen LogP contribution in [0.4, 0.5) is 21.5 Å². The molecule has 1 amide bonds. The van der Waals surface area contributed by atoms with E-state index in [-0.39, 0.29) is 16.5 Å². The predicted molar refractivity (Wildman–Crippen MR) is 125 cm³/mol. The van der Waals surface area contributed by atoms with E-state index in [1.54, 1.807) is 17.0 Å². The lowest BCUT2D eigenvalue weighted by Gasteiger charge is -2.37. The quantitative estimate of drug-likeness (QED) is 0.621. The van der Waals surface area contributed by atoms with Crippen molar-refractivity contribution < 1.29 is 22.3 Å². The number of nitrogens with zero attached hydrogens (tertiary/aromatic N) is 3. The molecule has 0 saturated carbocycles. The maximum absolute atomic E-state index is 13.9. The molecule has 2 aromatic carbocycles. The second-order valence-corrected chi connectivity index (χ2v) is 9.86. The Morgan fingerprint density at radius 1 is 1.00 bits per heavy atom. The van der Waals surface area contributed by atoms with Crippen LogP contribution in [0.5, 0.6) is 0 Å². The molecule has 0 aliphatic carbocycles. The lowest BCUT2D eigenvalue weighted by molar-refractivity contribution is 0.0746. The highest BCUT2D eigenvalue weighted by atomic mass is 32.2. The van der Waals surface area contributed by atoms with Crippen LogP contribution in [0.15, 0.2) is 41.3 Å². The van der Waals surface area contributed by atoms with E-state index in [0.717, 1.165) is 0 Å². The fraction of sp³-hybridized carbons (Fsp3) is 0.409. The van der Waals surface area contributed by atoms with Crippen molar-refractivity contribution in [1.82, 2.24) is 9.62 Å². The Morgan fingerprint density at radius 2 is 1.70 bits per heavy atom. The summed E-state index contributed by atoms with van der Waals surface area (Å²) in [5, 5.41) is 0. The van der Waals surface area contributed by atoms with E-state index in [9.17, 15) is 17.6 Å². The normalized spacial score (nSPS) is 17.3. The first-order valence-electron chi connectivity index (χ1n) is 10.8. The maximum Gasteiger partial charge on any atom is 0.256 e. The lowest BCUT2D eigenvalue weighted by Crippen LogP contribution is -2.49. The number of benzene rings is 2. The summed E-state index contributed by atoms with van der Waals surface area (Å²) in [5.41, 5.74) is 7.42. The van der Waals surface area contributed by atoms with Crippen molar-refractivity contribution in [3.8, 4) is 0 Å². The summed E-state index contributed by atoms with van der Waals surface area (Å²) in [6, 6.07) is 9.34. The van der Waals surface area contributed by atoms with Crippen LogP contribution in [0.25, 0.3) is 0 Å². The van der Waals surface area contributed by atoms with E-state index >= 15 is 0 Å². The lowest BCUT2D eigenvalue weighted by atomic mass is 10.1. The zero-order valence-electron chi connectivity index (χ0n) is 18.5. The summed E-state index contributed by atoms with van der Waals surface area (Å²) in [4.78, 5) is 19.3. The molecule has 0 atom stereocenters. The van der Waals surface area contributed by atoms with Gasteiger partial charge in [0.25, 0.3) is 5.91 Å². The van der Waals surface area contributed by atoms with Crippen LogP contribution in [-0.2, 0) is 14.8 Å². The fourth-order valence-corrected chi connectivity index (χ4v) is 4.86. The molecule has 2 aliphatic heterocycles. The Labute approximate surface area is 192 Å². The van der Waals surface area contributed by atoms with Crippen LogP contribution in [0.1, 0.15) is 10.4 Å². The highest BCUT2D eigenvalue weighted by molar-refractivity contribution is 7.89. The van der Waals surface area contributed by atoms with Gasteiger partial charge >= 0.3 is 0 Å². The first kappa shape index (κ1) is 23.3. The minimum atomic E-state index is -3.70. The standard InChI is InChI=1S/C22H28FN5O4S/c1-25-33(30,31)17-3-5-21(27-10-12-32-13-11-27)18(15-17)22(29)28-8-6-26(7-9-28)16-2-4-20(24)19(23)14-16/h2-5,14-15,25H,6-13,24H2,1H3. The molecule has 4 rings (SSSR count). The second kappa shape index (κ2) is 9.54. The molecule has 33 heavy (non-hydrogen) atoms. The van der Waals surface area contributed by atoms with Gasteiger partial charge in [-0.25, -0.2) is 17.5 Å². The van der Waals surface area contributed by atoms with Crippen molar-refractivity contribution in [2.45, 2.75) is 4.90 Å². The van der Waals surface area contributed by atoms with Gasteiger partial charge in [0.2, 0.25) is 10.0 Å². The zero-order chi connectivity index (χ0) is 23.6. The topological polar surface area (TPSA) is 108 Å². The Balaban J connectivity index is 1.57. The van der Waals surface area contributed by atoms with Gasteiger partial charge in [0, 0.05) is 50.6 Å². The molecule has 0 bridgehead atoms. The van der Waals surface area contributed by atoms with Crippen LogP contribution in [0, 0.1) is 5.82 Å². The minimum Gasteiger partial charge on any atom is -0.396 e. The van der Waals surface area contributed by atoms with E-state index in [2.05, 4.69) is 4.72 Å². The molecule has 2 fully saturated rings. The number of anilines is 3. The monoisotopic (exact) mass is 477 g/mol. The Morgan fingerprint density at radius 3 is 2.33 bits per heavy atom. The van der Waals surface area contributed by atoms with Gasteiger partial charge in [0.05, 0.1) is 29.4 Å².